The zero-order valence-electron chi connectivity index (χ0n) is 8.30. The maximum absolute atomic E-state index is 11.2. The summed E-state index contributed by atoms with van der Waals surface area (Å²) in [5.74, 6) is -0.120. The van der Waals surface area contributed by atoms with Crippen LogP contribution in [-0.2, 0) is 9.53 Å². The molecule has 0 fully saturated rings. The fourth-order valence-electron chi connectivity index (χ4n) is 1.32. The second-order valence-electron chi connectivity index (χ2n) is 3.54. The van der Waals surface area contributed by atoms with Crippen molar-refractivity contribution in [2.75, 3.05) is 13.1 Å². The number of hydrogen-bond acceptors (Lipinski definition) is 3. The number of nitrogens with one attached hydrogen (secondary N) is 1. The van der Waals surface area contributed by atoms with Gasteiger partial charge in [-0.3, -0.25) is 4.79 Å². The number of carbonyl (C=O) groups excluding carboxylic acids is 1. The summed E-state index contributed by atoms with van der Waals surface area (Å²) in [5.41, 5.74) is 1.15. The van der Waals surface area contributed by atoms with Gasteiger partial charge >= 0.3 is 5.97 Å². The normalized spacial score (nSPS) is 17.0. The predicted octanol–water partition coefficient (Wildman–Crippen LogP) is 1.25. The van der Waals surface area contributed by atoms with Crippen molar-refractivity contribution in [3.8, 4) is 0 Å². The Bertz CT molecular complexity index is 209. The highest BCUT2D eigenvalue weighted by atomic mass is 16.5. The summed E-state index contributed by atoms with van der Waals surface area (Å²) in [6.45, 7) is 5.58. The third-order valence-corrected chi connectivity index (χ3v) is 1.84. The second kappa shape index (κ2) is 5.02. The van der Waals surface area contributed by atoms with E-state index in [0.717, 1.165) is 25.1 Å². The maximum atomic E-state index is 11.2. The van der Waals surface area contributed by atoms with Gasteiger partial charge in [-0.25, -0.2) is 0 Å². The summed E-state index contributed by atoms with van der Waals surface area (Å²) in [6.07, 6.45) is 3.57. The quantitative estimate of drug-likeness (QED) is 0.528. The molecule has 1 aliphatic rings. The molecule has 0 aromatic carbocycles. The van der Waals surface area contributed by atoms with Crippen molar-refractivity contribution in [2.24, 2.45) is 0 Å². The van der Waals surface area contributed by atoms with Crippen LogP contribution in [0, 0.1) is 0 Å². The summed E-state index contributed by atoms with van der Waals surface area (Å²) < 4.78 is 5.05. The van der Waals surface area contributed by atoms with Gasteiger partial charge in [-0.15, -0.1) is 0 Å². The van der Waals surface area contributed by atoms with Crippen LogP contribution < -0.4 is 5.32 Å². The maximum Gasteiger partial charge on any atom is 0.310 e. The highest BCUT2D eigenvalue weighted by molar-refractivity contribution is 5.72. The van der Waals surface area contributed by atoms with Gasteiger partial charge in [-0.05, 0) is 32.4 Å². The fourth-order valence-corrected chi connectivity index (χ4v) is 1.32. The standard InChI is InChI=1S/C10H17NO2/c1-8(2)13-10(12)6-9-4-3-5-11-7-9/h4,8,11H,3,5-7H2,1-2H3. The molecule has 3 nitrogen and oxygen atoms in total. The molecule has 13 heavy (non-hydrogen) atoms. The van der Waals surface area contributed by atoms with E-state index in [4.69, 9.17) is 4.74 Å². The molecule has 0 atom stereocenters. The zero-order valence-corrected chi connectivity index (χ0v) is 8.30. The van der Waals surface area contributed by atoms with Crippen molar-refractivity contribution >= 4 is 5.97 Å². The summed E-state index contributed by atoms with van der Waals surface area (Å²) >= 11 is 0. The Kier molecular flexibility index (Phi) is 3.96. The van der Waals surface area contributed by atoms with Crippen LogP contribution in [0.3, 0.4) is 0 Å². The van der Waals surface area contributed by atoms with E-state index < -0.39 is 0 Å². The van der Waals surface area contributed by atoms with Crippen LogP contribution in [0.4, 0.5) is 0 Å². The summed E-state index contributed by atoms with van der Waals surface area (Å²) in [6, 6.07) is 0. The topological polar surface area (TPSA) is 38.3 Å². The largest absolute Gasteiger partial charge is 0.463 e. The van der Waals surface area contributed by atoms with Crippen LogP contribution in [0.25, 0.3) is 0 Å². The Labute approximate surface area is 79.2 Å². The monoisotopic (exact) mass is 183 g/mol. The van der Waals surface area contributed by atoms with Gasteiger partial charge in [0.1, 0.15) is 0 Å². The molecule has 0 amide bonds. The van der Waals surface area contributed by atoms with E-state index in [9.17, 15) is 4.79 Å². The number of esters is 1. The van der Waals surface area contributed by atoms with Crippen LogP contribution in [0.5, 0.6) is 0 Å². The van der Waals surface area contributed by atoms with Gasteiger partial charge in [0.15, 0.2) is 0 Å². The minimum atomic E-state index is -0.120. The van der Waals surface area contributed by atoms with E-state index in [1.807, 2.05) is 13.8 Å². The summed E-state index contributed by atoms with van der Waals surface area (Å²) in [4.78, 5) is 11.2. The Morgan fingerprint density at radius 2 is 2.46 bits per heavy atom. The molecule has 1 rings (SSSR count). The van der Waals surface area contributed by atoms with Crippen molar-refractivity contribution in [2.45, 2.75) is 32.8 Å². The zero-order chi connectivity index (χ0) is 9.68. The van der Waals surface area contributed by atoms with E-state index in [0.29, 0.717) is 6.42 Å². The van der Waals surface area contributed by atoms with Crippen molar-refractivity contribution in [1.82, 2.24) is 5.32 Å². The first kappa shape index (κ1) is 10.3. The Morgan fingerprint density at radius 3 is 3.00 bits per heavy atom. The molecule has 0 saturated heterocycles. The molecule has 0 radical (unpaired) electrons. The van der Waals surface area contributed by atoms with Crippen LogP contribution >= 0.6 is 0 Å². The SMILES string of the molecule is CC(C)OC(=O)CC1=CCCNC1. The van der Waals surface area contributed by atoms with Gasteiger partial charge < -0.3 is 10.1 Å². The lowest BCUT2D eigenvalue weighted by Crippen LogP contribution is -2.24. The van der Waals surface area contributed by atoms with Gasteiger partial charge in [-0.1, -0.05) is 6.08 Å². The molecule has 1 aliphatic heterocycles. The molecular weight excluding hydrogens is 166 g/mol. The Morgan fingerprint density at radius 1 is 1.69 bits per heavy atom. The first-order chi connectivity index (χ1) is 6.18. The smallest absolute Gasteiger partial charge is 0.310 e. The minimum absolute atomic E-state index is 0.00958. The van der Waals surface area contributed by atoms with E-state index in [1.54, 1.807) is 0 Å². The molecule has 0 aromatic rings. The van der Waals surface area contributed by atoms with Gasteiger partial charge in [0, 0.05) is 6.54 Å². The summed E-state index contributed by atoms with van der Waals surface area (Å²) in [7, 11) is 0. The third kappa shape index (κ3) is 4.08. The van der Waals surface area contributed by atoms with E-state index in [1.165, 1.54) is 0 Å². The minimum Gasteiger partial charge on any atom is -0.463 e. The third-order valence-electron chi connectivity index (χ3n) is 1.84. The molecule has 1 heterocycles. The van der Waals surface area contributed by atoms with Gasteiger partial charge in [0.25, 0.3) is 0 Å². The summed E-state index contributed by atoms with van der Waals surface area (Å²) in [5, 5.41) is 3.22. The first-order valence-corrected chi connectivity index (χ1v) is 4.76. The molecule has 0 bridgehead atoms. The number of carbonyl (C=O) groups is 1. The molecule has 3 heteroatoms. The molecule has 0 spiro atoms. The number of rotatable bonds is 3. The van der Waals surface area contributed by atoms with Crippen LogP contribution in [0.1, 0.15) is 26.7 Å². The molecule has 74 valence electrons. The van der Waals surface area contributed by atoms with Gasteiger partial charge in [-0.2, -0.15) is 0 Å². The number of ether oxygens (including phenoxy) is 1. The first-order valence-electron chi connectivity index (χ1n) is 4.76. The molecule has 0 aromatic heterocycles. The number of hydrogen-bond donors (Lipinski definition) is 1. The highest BCUT2D eigenvalue weighted by Crippen LogP contribution is 2.07. The molecule has 0 aliphatic carbocycles. The van der Waals surface area contributed by atoms with Crippen LogP contribution in [-0.4, -0.2) is 25.2 Å². The fraction of sp³-hybridized carbons (Fsp3) is 0.700. The Hall–Kier alpha value is -0.830. The highest BCUT2D eigenvalue weighted by Gasteiger charge is 2.10. The van der Waals surface area contributed by atoms with E-state index >= 15 is 0 Å². The second-order valence-corrected chi connectivity index (χ2v) is 3.54. The van der Waals surface area contributed by atoms with E-state index in [2.05, 4.69) is 11.4 Å². The molecule has 0 saturated carbocycles. The Balaban J connectivity index is 2.30. The van der Waals surface area contributed by atoms with Crippen molar-refractivity contribution in [3.05, 3.63) is 11.6 Å². The predicted molar refractivity (Wildman–Crippen MR) is 51.4 cm³/mol. The van der Waals surface area contributed by atoms with Crippen molar-refractivity contribution < 1.29 is 9.53 Å². The molecule has 0 unspecified atom stereocenters. The average Bonchev–Trinajstić information content (AvgIpc) is 2.04. The molecule has 1 N–H and O–H groups in total. The van der Waals surface area contributed by atoms with Gasteiger partial charge in [0.2, 0.25) is 0 Å². The van der Waals surface area contributed by atoms with Crippen LogP contribution in [0.15, 0.2) is 11.6 Å². The van der Waals surface area contributed by atoms with Crippen LogP contribution in [0.2, 0.25) is 0 Å². The lowest BCUT2D eigenvalue weighted by Gasteiger charge is -2.14. The average molecular weight is 183 g/mol. The van der Waals surface area contributed by atoms with E-state index in [-0.39, 0.29) is 12.1 Å². The van der Waals surface area contributed by atoms with Gasteiger partial charge in [0.05, 0.1) is 12.5 Å². The molecular formula is C10H17NO2. The lowest BCUT2D eigenvalue weighted by molar-refractivity contribution is -0.146. The van der Waals surface area contributed by atoms with Crippen molar-refractivity contribution in [1.29, 1.82) is 0 Å². The lowest BCUT2D eigenvalue weighted by atomic mass is 10.1. The van der Waals surface area contributed by atoms with Crippen molar-refractivity contribution in [3.63, 3.8) is 0 Å².